The molecule has 1 aromatic heterocycles. The van der Waals surface area contributed by atoms with Crippen LogP contribution in [0.4, 0.5) is 0 Å². The third kappa shape index (κ3) is 0.985. The Bertz CT molecular complexity index is 295. The van der Waals surface area contributed by atoms with Gasteiger partial charge in [-0.2, -0.15) is 0 Å². The van der Waals surface area contributed by atoms with Gasteiger partial charge in [0.2, 0.25) is 0 Å². The van der Waals surface area contributed by atoms with Crippen molar-refractivity contribution in [2.75, 3.05) is 6.54 Å². The molecule has 2 heteroatoms. The lowest BCUT2D eigenvalue weighted by molar-refractivity contribution is 0.700. The van der Waals surface area contributed by atoms with Gasteiger partial charge in [-0.05, 0) is 38.3 Å². The molecule has 66 valence electrons. The average molecular weight is 164 g/mol. The summed E-state index contributed by atoms with van der Waals surface area (Å²) < 4.78 is 0. The summed E-state index contributed by atoms with van der Waals surface area (Å²) >= 11 is 0. The molecular weight excluding hydrogens is 148 g/mol. The molecular formula is C10H16N2. The van der Waals surface area contributed by atoms with Crippen LogP contribution in [-0.4, -0.2) is 11.5 Å². The molecule has 0 atom stereocenters. The number of nitrogens with one attached hydrogen (secondary N) is 1. The maximum absolute atomic E-state index is 5.77. The minimum absolute atomic E-state index is 0.342. The van der Waals surface area contributed by atoms with Crippen LogP contribution in [0.1, 0.15) is 29.8 Å². The number of hydrogen-bond acceptors (Lipinski definition) is 1. The van der Waals surface area contributed by atoms with E-state index in [2.05, 4.69) is 24.9 Å². The summed E-state index contributed by atoms with van der Waals surface area (Å²) in [5, 5.41) is 0. The number of rotatable bonds is 2. The molecule has 3 N–H and O–H groups in total. The van der Waals surface area contributed by atoms with Gasteiger partial charge in [0.05, 0.1) is 0 Å². The lowest BCUT2D eigenvalue weighted by atomic mass is 9.96. The molecule has 0 amide bonds. The van der Waals surface area contributed by atoms with E-state index in [1.54, 1.807) is 0 Å². The molecule has 0 spiro atoms. The molecule has 1 aliphatic rings. The van der Waals surface area contributed by atoms with Crippen molar-refractivity contribution >= 4 is 0 Å². The second kappa shape index (κ2) is 2.36. The fraction of sp³-hybridized carbons (Fsp3) is 0.600. The summed E-state index contributed by atoms with van der Waals surface area (Å²) in [5.41, 5.74) is 10.1. The Balaban J connectivity index is 2.39. The smallest absolute Gasteiger partial charge is 0.0156 e. The Morgan fingerprint density at radius 1 is 1.50 bits per heavy atom. The second-order valence-corrected chi connectivity index (χ2v) is 3.98. The molecule has 12 heavy (non-hydrogen) atoms. The minimum atomic E-state index is 0.342. The van der Waals surface area contributed by atoms with Crippen LogP contribution in [-0.2, 0) is 5.41 Å². The van der Waals surface area contributed by atoms with Crippen LogP contribution in [0.25, 0.3) is 0 Å². The summed E-state index contributed by atoms with van der Waals surface area (Å²) in [6.45, 7) is 5.03. The highest BCUT2D eigenvalue weighted by molar-refractivity contribution is 5.37. The first-order chi connectivity index (χ1) is 5.68. The fourth-order valence-electron chi connectivity index (χ4n) is 2.01. The third-order valence-electron chi connectivity index (χ3n) is 2.97. The standard InChI is InChI=1S/C10H16N2/c1-7-5-9(8(2)12-7)10(6-11)3-4-10/h5,12H,3-4,6,11H2,1-2H3. The number of aryl methyl sites for hydroxylation is 2. The Morgan fingerprint density at radius 2 is 2.17 bits per heavy atom. The normalized spacial score (nSPS) is 19.6. The molecule has 0 unspecified atom stereocenters. The molecule has 0 aromatic carbocycles. The minimum Gasteiger partial charge on any atom is -0.362 e. The van der Waals surface area contributed by atoms with E-state index in [1.807, 2.05) is 0 Å². The van der Waals surface area contributed by atoms with E-state index in [0.717, 1.165) is 6.54 Å². The predicted octanol–water partition coefficient (Wildman–Crippen LogP) is 1.62. The molecule has 0 bridgehead atoms. The number of nitrogens with two attached hydrogens (primary N) is 1. The van der Waals surface area contributed by atoms with E-state index in [4.69, 9.17) is 5.73 Å². The Morgan fingerprint density at radius 3 is 2.50 bits per heavy atom. The summed E-state index contributed by atoms with van der Waals surface area (Å²) in [6.07, 6.45) is 2.53. The summed E-state index contributed by atoms with van der Waals surface area (Å²) in [4.78, 5) is 3.33. The van der Waals surface area contributed by atoms with E-state index in [9.17, 15) is 0 Å². The van der Waals surface area contributed by atoms with Gasteiger partial charge in [-0.1, -0.05) is 0 Å². The Labute approximate surface area is 73.2 Å². The second-order valence-electron chi connectivity index (χ2n) is 3.98. The molecule has 1 heterocycles. The van der Waals surface area contributed by atoms with Crippen LogP contribution in [0.5, 0.6) is 0 Å². The van der Waals surface area contributed by atoms with Crippen molar-refractivity contribution in [3.63, 3.8) is 0 Å². The van der Waals surface area contributed by atoms with E-state index in [1.165, 1.54) is 29.8 Å². The van der Waals surface area contributed by atoms with E-state index in [0.29, 0.717) is 5.41 Å². The fourth-order valence-corrected chi connectivity index (χ4v) is 2.01. The summed E-state index contributed by atoms with van der Waals surface area (Å²) in [7, 11) is 0. The van der Waals surface area contributed by atoms with Crippen LogP contribution in [0.15, 0.2) is 6.07 Å². The number of H-pyrrole nitrogens is 1. The number of aromatic nitrogens is 1. The van der Waals surface area contributed by atoms with Gasteiger partial charge < -0.3 is 10.7 Å². The lowest BCUT2D eigenvalue weighted by Crippen LogP contribution is -2.19. The quantitative estimate of drug-likeness (QED) is 0.685. The predicted molar refractivity (Wildman–Crippen MR) is 50.2 cm³/mol. The van der Waals surface area contributed by atoms with Crippen molar-refractivity contribution in [3.8, 4) is 0 Å². The van der Waals surface area contributed by atoms with Gasteiger partial charge in [-0.25, -0.2) is 0 Å². The molecule has 1 saturated carbocycles. The van der Waals surface area contributed by atoms with Crippen LogP contribution in [0.3, 0.4) is 0 Å². The first kappa shape index (κ1) is 7.87. The van der Waals surface area contributed by atoms with Gasteiger partial charge in [-0.3, -0.25) is 0 Å². The molecule has 1 aromatic rings. The van der Waals surface area contributed by atoms with Crippen LogP contribution in [0, 0.1) is 13.8 Å². The van der Waals surface area contributed by atoms with Gasteiger partial charge >= 0.3 is 0 Å². The van der Waals surface area contributed by atoms with Crippen molar-refractivity contribution in [2.45, 2.75) is 32.1 Å². The van der Waals surface area contributed by atoms with Crippen molar-refractivity contribution in [3.05, 3.63) is 23.0 Å². The largest absolute Gasteiger partial charge is 0.362 e. The maximum atomic E-state index is 5.77. The molecule has 1 aliphatic carbocycles. The molecule has 0 aliphatic heterocycles. The van der Waals surface area contributed by atoms with Crippen LogP contribution in [0.2, 0.25) is 0 Å². The average Bonchev–Trinajstić information content (AvgIpc) is 2.74. The highest BCUT2D eigenvalue weighted by Gasteiger charge is 2.44. The van der Waals surface area contributed by atoms with Crippen molar-refractivity contribution < 1.29 is 0 Å². The molecule has 1 fully saturated rings. The number of hydrogen-bond donors (Lipinski definition) is 2. The third-order valence-corrected chi connectivity index (χ3v) is 2.97. The van der Waals surface area contributed by atoms with Crippen molar-refractivity contribution in [2.24, 2.45) is 5.73 Å². The van der Waals surface area contributed by atoms with Gasteiger partial charge in [0.1, 0.15) is 0 Å². The zero-order valence-electron chi connectivity index (χ0n) is 7.78. The van der Waals surface area contributed by atoms with Crippen molar-refractivity contribution in [1.29, 1.82) is 0 Å². The van der Waals surface area contributed by atoms with Gasteiger partial charge in [0, 0.05) is 23.3 Å². The Hall–Kier alpha value is -0.760. The van der Waals surface area contributed by atoms with E-state index in [-0.39, 0.29) is 0 Å². The maximum Gasteiger partial charge on any atom is 0.0156 e. The van der Waals surface area contributed by atoms with Gasteiger partial charge in [0.25, 0.3) is 0 Å². The summed E-state index contributed by atoms with van der Waals surface area (Å²) in [6, 6.07) is 2.25. The topological polar surface area (TPSA) is 41.8 Å². The molecule has 2 nitrogen and oxygen atoms in total. The Kier molecular flexibility index (Phi) is 1.55. The highest BCUT2D eigenvalue weighted by atomic mass is 14.7. The zero-order valence-corrected chi connectivity index (χ0v) is 7.78. The van der Waals surface area contributed by atoms with Crippen molar-refractivity contribution in [1.82, 2.24) is 4.98 Å². The SMILES string of the molecule is Cc1cc(C2(CN)CC2)c(C)[nH]1. The molecule has 2 rings (SSSR count). The zero-order chi connectivity index (χ0) is 8.77. The van der Waals surface area contributed by atoms with Crippen LogP contribution < -0.4 is 5.73 Å². The number of aromatic amines is 1. The first-order valence-electron chi connectivity index (χ1n) is 4.55. The van der Waals surface area contributed by atoms with E-state index >= 15 is 0 Å². The first-order valence-corrected chi connectivity index (χ1v) is 4.55. The highest BCUT2D eigenvalue weighted by Crippen LogP contribution is 2.48. The van der Waals surface area contributed by atoms with Gasteiger partial charge in [-0.15, -0.1) is 0 Å². The molecule has 0 saturated heterocycles. The molecule has 0 radical (unpaired) electrons. The van der Waals surface area contributed by atoms with E-state index < -0.39 is 0 Å². The van der Waals surface area contributed by atoms with Gasteiger partial charge in [0.15, 0.2) is 0 Å². The summed E-state index contributed by atoms with van der Waals surface area (Å²) in [5.74, 6) is 0. The lowest BCUT2D eigenvalue weighted by Gasteiger charge is -2.10. The monoisotopic (exact) mass is 164 g/mol. The van der Waals surface area contributed by atoms with Crippen LogP contribution >= 0.6 is 0 Å².